The Kier molecular flexibility index (Phi) is 6.22. The maximum absolute atomic E-state index is 14.4. The molecule has 3 aromatic rings. The van der Waals surface area contributed by atoms with E-state index in [0.717, 1.165) is 67.8 Å². The number of carbonyl (C=O) groups is 1. The van der Waals surface area contributed by atoms with Gasteiger partial charge in [-0.25, -0.2) is 13.8 Å². The molecular formula is C27H33F2N7O. The third-order valence-electron chi connectivity index (χ3n) is 8.01. The van der Waals surface area contributed by atoms with Crippen molar-refractivity contribution >= 4 is 17.4 Å². The summed E-state index contributed by atoms with van der Waals surface area (Å²) in [6.07, 6.45) is 5.26. The lowest BCUT2D eigenvalue weighted by Crippen LogP contribution is -2.36. The van der Waals surface area contributed by atoms with Gasteiger partial charge in [0.05, 0.1) is 24.6 Å². The van der Waals surface area contributed by atoms with Crippen molar-refractivity contribution < 1.29 is 13.6 Å². The number of piperidine rings is 1. The smallest absolute Gasteiger partial charge is 0.264 e. The Morgan fingerprint density at radius 1 is 1.16 bits per heavy atom. The van der Waals surface area contributed by atoms with Gasteiger partial charge in [-0.15, -0.1) is 0 Å². The number of fused-ring (bicyclic) bond motifs is 2. The number of nitrogens with zero attached hydrogens (tertiary/aromatic N) is 6. The first-order valence-electron chi connectivity index (χ1n) is 13.2. The van der Waals surface area contributed by atoms with E-state index in [1.54, 1.807) is 30.1 Å². The first-order chi connectivity index (χ1) is 17.9. The van der Waals surface area contributed by atoms with Gasteiger partial charge in [0.25, 0.3) is 6.43 Å². The van der Waals surface area contributed by atoms with Gasteiger partial charge in [0, 0.05) is 67.8 Å². The van der Waals surface area contributed by atoms with E-state index < -0.39 is 6.43 Å². The van der Waals surface area contributed by atoms with E-state index in [4.69, 9.17) is 5.10 Å². The predicted octanol–water partition coefficient (Wildman–Crippen LogP) is 4.13. The van der Waals surface area contributed by atoms with Gasteiger partial charge in [-0.1, -0.05) is 0 Å². The molecule has 5 heterocycles. The van der Waals surface area contributed by atoms with Crippen LogP contribution in [0.25, 0.3) is 11.3 Å². The predicted molar refractivity (Wildman–Crippen MR) is 137 cm³/mol. The number of anilines is 2. The number of alkyl halides is 2. The van der Waals surface area contributed by atoms with Crippen LogP contribution in [0.2, 0.25) is 0 Å². The Balaban J connectivity index is 1.47. The number of benzene rings is 1. The second-order valence-corrected chi connectivity index (χ2v) is 10.4. The van der Waals surface area contributed by atoms with Crippen LogP contribution in [0, 0.1) is 0 Å². The zero-order chi connectivity index (χ0) is 25.7. The molecule has 0 radical (unpaired) electrons. The number of amides is 1. The highest BCUT2D eigenvalue weighted by Crippen LogP contribution is 2.43. The molecule has 196 valence electrons. The fraction of sp³-hybridized carbons (Fsp3) is 0.519. The highest BCUT2D eigenvalue weighted by atomic mass is 19.3. The summed E-state index contributed by atoms with van der Waals surface area (Å²) >= 11 is 0. The third kappa shape index (κ3) is 4.31. The lowest BCUT2D eigenvalue weighted by atomic mass is 9.93. The fourth-order valence-corrected chi connectivity index (χ4v) is 6.09. The second-order valence-electron chi connectivity index (χ2n) is 10.4. The minimum absolute atomic E-state index is 0.0126. The van der Waals surface area contributed by atoms with Gasteiger partial charge < -0.3 is 19.7 Å². The highest BCUT2D eigenvalue weighted by Gasteiger charge is 2.34. The molecule has 1 fully saturated rings. The quantitative estimate of drug-likeness (QED) is 0.573. The van der Waals surface area contributed by atoms with Crippen LogP contribution in [0.5, 0.6) is 0 Å². The van der Waals surface area contributed by atoms with Crippen molar-refractivity contribution in [2.24, 2.45) is 7.05 Å². The number of nitrogens with one attached hydrogen (secondary N) is 1. The molecule has 3 aliphatic rings. The number of rotatable bonds is 4. The van der Waals surface area contributed by atoms with Crippen molar-refractivity contribution in [2.75, 3.05) is 31.1 Å². The molecule has 1 N–H and O–H groups in total. The lowest BCUT2D eigenvalue weighted by Gasteiger charge is -2.33. The van der Waals surface area contributed by atoms with Crippen molar-refractivity contribution in [1.82, 2.24) is 29.5 Å². The molecule has 0 aliphatic carbocycles. The number of halogens is 2. The van der Waals surface area contributed by atoms with Crippen LogP contribution in [0.1, 0.15) is 61.0 Å². The Bertz CT molecular complexity index is 1320. The molecule has 3 aliphatic heterocycles. The van der Waals surface area contributed by atoms with Crippen LogP contribution < -0.4 is 10.2 Å². The summed E-state index contributed by atoms with van der Waals surface area (Å²) in [5.74, 6) is 0.858. The normalized spacial score (nSPS) is 18.3. The lowest BCUT2D eigenvalue weighted by molar-refractivity contribution is -0.129. The maximum atomic E-state index is 14.4. The van der Waals surface area contributed by atoms with E-state index in [-0.39, 0.29) is 11.5 Å². The SMILES string of the molecule is CC(=O)N1CCc2c(c(N3CCCc4cc(-c5cn(C)cn5)c(C(F)F)cc43)nn2C2CCNCC2)C1. The molecule has 0 bridgehead atoms. The molecule has 0 atom stereocenters. The molecule has 1 saturated heterocycles. The van der Waals surface area contributed by atoms with Gasteiger partial charge in [-0.3, -0.25) is 9.48 Å². The second kappa shape index (κ2) is 9.55. The monoisotopic (exact) mass is 509 g/mol. The van der Waals surface area contributed by atoms with E-state index in [0.29, 0.717) is 36.9 Å². The molecule has 37 heavy (non-hydrogen) atoms. The summed E-state index contributed by atoms with van der Waals surface area (Å²) in [6, 6.07) is 3.84. The van der Waals surface area contributed by atoms with Crippen molar-refractivity contribution in [3.8, 4) is 11.3 Å². The van der Waals surface area contributed by atoms with Crippen molar-refractivity contribution in [3.05, 3.63) is 47.0 Å². The number of imidazole rings is 1. The molecule has 1 aromatic carbocycles. The van der Waals surface area contributed by atoms with Crippen LogP contribution in [0.4, 0.5) is 20.3 Å². The van der Waals surface area contributed by atoms with Gasteiger partial charge in [-0.2, -0.15) is 5.10 Å². The minimum atomic E-state index is -2.62. The molecule has 6 rings (SSSR count). The third-order valence-corrected chi connectivity index (χ3v) is 8.01. The number of aryl methyl sites for hydroxylation is 2. The van der Waals surface area contributed by atoms with Crippen LogP contribution in [-0.2, 0) is 31.2 Å². The van der Waals surface area contributed by atoms with Crippen LogP contribution in [0.15, 0.2) is 24.7 Å². The summed E-state index contributed by atoms with van der Waals surface area (Å²) in [4.78, 5) is 20.6. The van der Waals surface area contributed by atoms with Gasteiger partial charge in [-0.05, 0) is 56.5 Å². The summed E-state index contributed by atoms with van der Waals surface area (Å²) in [6.45, 7) is 5.40. The Morgan fingerprint density at radius 2 is 1.97 bits per heavy atom. The first-order valence-corrected chi connectivity index (χ1v) is 13.2. The van der Waals surface area contributed by atoms with Crippen molar-refractivity contribution in [3.63, 3.8) is 0 Å². The number of carbonyl (C=O) groups excluding carboxylic acids is 1. The van der Waals surface area contributed by atoms with Crippen LogP contribution in [-0.4, -0.2) is 56.3 Å². The summed E-state index contributed by atoms with van der Waals surface area (Å²) in [5.41, 5.74) is 5.09. The van der Waals surface area contributed by atoms with Gasteiger partial charge in [0.1, 0.15) is 0 Å². The molecule has 1 amide bonds. The minimum Gasteiger partial charge on any atom is -0.340 e. The van der Waals surface area contributed by atoms with Crippen LogP contribution in [0.3, 0.4) is 0 Å². The summed E-state index contributed by atoms with van der Waals surface area (Å²) in [7, 11) is 1.84. The molecule has 8 nitrogen and oxygen atoms in total. The van der Waals surface area contributed by atoms with Crippen molar-refractivity contribution in [1.29, 1.82) is 0 Å². The average Bonchev–Trinajstić information content (AvgIpc) is 3.51. The maximum Gasteiger partial charge on any atom is 0.264 e. The Morgan fingerprint density at radius 3 is 2.68 bits per heavy atom. The first kappa shape index (κ1) is 24.1. The van der Waals surface area contributed by atoms with E-state index in [2.05, 4.69) is 19.9 Å². The number of hydrogen-bond acceptors (Lipinski definition) is 5. The van der Waals surface area contributed by atoms with E-state index in [1.165, 1.54) is 5.69 Å². The van der Waals surface area contributed by atoms with E-state index in [9.17, 15) is 13.6 Å². The largest absolute Gasteiger partial charge is 0.340 e. The molecule has 10 heteroatoms. The number of aromatic nitrogens is 4. The van der Waals surface area contributed by atoms with E-state index in [1.807, 2.05) is 18.0 Å². The van der Waals surface area contributed by atoms with Crippen molar-refractivity contribution in [2.45, 2.75) is 58.0 Å². The average molecular weight is 510 g/mol. The van der Waals surface area contributed by atoms with Gasteiger partial charge in [0.15, 0.2) is 5.82 Å². The number of hydrogen-bond donors (Lipinski definition) is 1. The standard InChI is InChI=1S/C27H33F2N7O/c1-17(37)34-11-7-24-22(14-34)27(32-36(24)19-5-8-30-9-6-19)35-10-3-4-18-12-20(23-15-33(2)16-31-23)21(26(28)29)13-25(18)35/h12-13,15-16,19,26,30H,3-11,14H2,1-2H3. The molecule has 0 unspecified atom stereocenters. The van der Waals surface area contributed by atoms with Gasteiger partial charge >= 0.3 is 0 Å². The van der Waals surface area contributed by atoms with Crippen LogP contribution >= 0.6 is 0 Å². The summed E-state index contributed by atoms with van der Waals surface area (Å²) in [5, 5.41) is 8.59. The molecular weight excluding hydrogens is 476 g/mol. The zero-order valence-corrected chi connectivity index (χ0v) is 21.4. The Hall–Kier alpha value is -3.27. The Labute approximate surface area is 215 Å². The molecule has 0 saturated carbocycles. The zero-order valence-electron chi connectivity index (χ0n) is 21.4. The fourth-order valence-electron chi connectivity index (χ4n) is 6.09. The molecule has 0 spiro atoms. The van der Waals surface area contributed by atoms with E-state index >= 15 is 0 Å². The summed E-state index contributed by atoms with van der Waals surface area (Å²) < 4.78 is 32.7. The topological polar surface area (TPSA) is 71.2 Å². The molecule has 2 aromatic heterocycles. The highest BCUT2D eigenvalue weighted by molar-refractivity contribution is 5.77. The van der Waals surface area contributed by atoms with Gasteiger partial charge in [0.2, 0.25) is 5.91 Å².